The van der Waals surface area contributed by atoms with Crippen molar-refractivity contribution in [3.05, 3.63) is 29.8 Å². The number of nitrogens with one attached hydrogen (secondary N) is 1. The number of aliphatic hydroxyl groups excluding tert-OH is 1. The molecule has 0 bridgehead atoms. The number of aliphatic hydroxyl groups is 1. The summed E-state index contributed by atoms with van der Waals surface area (Å²) in [6.07, 6.45) is -5.84. The van der Waals surface area contributed by atoms with Crippen LogP contribution < -0.4 is 10.2 Å². The van der Waals surface area contributed by atoms with E-state index in [1.165, 1.54) is 5.48 Å². The zero-order chi connectivity index (χ0) is 17.2. The van der Waals surface area contributed by atoms with E-state index in [2.05, 4.69) is 4.74 Å². The number of ether oxygens (including phenoxy) is 1. The molecule has 1 aromatic rings. The van der Waals surface area contributed by atoms with Crippen LogP contribution in [-0.2, 0) is 4.79 Å². The van der Waals surface area contributed by atoms with Gasteiger partial charge in [0, 0.05) is 12.1 Å². The molecule has 2 atom stereocenters. The van der Waals surface area contributed by atoms with E-state index in [9.17, 15) is 27.9 Å². The molecule has 0 spiro atoms. The van der Waals surface area contributed by atoms with E-state index in [4.69, 9.17) is 5.21 Å². The summed E-state index contributed by atoms with van der Waals surface area (Å²) in [5.74, 6) is -2.09. The molecule has 23 heavy (non-hydrogen) atoms. The maximum atomic E-state index is 12.3. The predicted octanol–water partition coefficient (Wildman–Crippen LogP) is 0.666. The minimum atomic E-state index is -4.84. The van der Waals surface area contributed by atoms with Gasteiger partial charge in [-0.1, -0.05) is 0 Å². The lowest BCUT2D eigenvalue weighted by Crippen LogP contribution is -2.49. The number of likely N-dealkylation sites (tertiary alicyclic amines) is 1. The van der Waals surface area contributed by atoms with Crippen molar-refractivity contribution >= 4 is 11.8 Å². The van der Waals surface area contributed by atoms with Gasteiger partial charge in [0.15, 0.2) is 0 Å². The molecule has 7 nitrogen and oxygen atoms in total. The third kappa shape index (κ3) is 3.90. The Morgan fingerprint density at radius 1 is 1.26 bits per heavy atom. The fourth-order valence-electron chi connectivity index (χ4n) is 2.35. The topological polar surface area (TPSA) is 99.1 Å². The van der Waals surface area contributed by atoms with E-state index >= 15 is 0 Å². The van der Waals surface area contributed by atoms with Crippen LogP contribution in [0.4, 0.5) is 13.2 Å². The fraction of sp³-hybridized carbons (Fsp3) is 0.385. The van der Waals surface area contributed by atoms with Crippen molar-refractivity contribution in [2.24, 2.45) is 0 Å². The predicted molar refractivity (Wildman–Crippen MR) is 68.5 cm³/mol. The minimum absolute atomic E-state index is 0.0179. The minimum Gasteiger partial charge on any atom is -0.406 e. The second-order valence-corrected chi connectivity index (χ2v) is 4.85. The highest BCUT2D eigenvalue weighted by atomic mass is 19.4. The van der Waals surface area contributed by atoms with Gasteiger partial charge in [-0.15, -0.1) is 13.2 Å². The quantitative estimate of drug-likeness (QED) is 0.557. The maximum absolute atomic E-state index is 12.3. The van der Waals surface area contributed by atoms with Crippen LogP contribution in [0.25, 0.3) is 0 Å². The van der Waals surface area contributed by atoms with Gasteiger partial charge in [0.05, 0.1) is 6.10 Å². The molecule has 0 aromatic heterocycles. The molecule has 2 rings (SSSR count). The lowest BCUT2D eigenvalue weighted by Gasteiger charge is -2.24. The molecule has 0 saturated carbocycles. The van der Waals surface area contributed by atoms with Crippen molar-refractivity contribution in [2.45, 2.75) is 24.9 Å². The van der Waals surface area contributed by atoms with Gasteiger partial charge < -0.3 is 14.7 Å². The number of nitrogens with zero attached hydrogens (tertiary/aromatic N) is 1. The first-order valence-electron chi connectivity index (χ1n) is 6.51. The van der Waals surface area contributed by atoms with Crippen molar-refractivity contribution in [1.82, 2.24) is 10.4 Å². The molecule has 0 radical (unpaired) electrons. The van der Waals surface area contributed by atoms with Crippen LogP contribution in [0.5, 0.6) is 5.75 Å². The standard InChI is InChI=1S/C13H13F3N2O5/c14-13(15,16)23-8-3-1-7(2-4-8)12(21)18-6-5-9(19)10(18)11(20)17-22/h1-4,9-10,19,22H,5-6H2,(H,17,20)/t9?,10-/m1/s1. The second-order valence-electron chi connectivity index (χ2n) is 4.85. The van der Waals surface area contributed by atoms with Gasteiger partial charge >= 0.3 is 6.36 Å². The Labute approximate surface area is 128 Å². The van der Waals surface area contributed by atoms with Gasteiger partial charge in [-0.05, 0) is 30.7 Å². The molecule has 1 heterocycles. The number of rotatable bonds is 3. The van der Waals surface area contributed by atoms with Crippen LogP contribution >= 0.6 is 0 Å². The number of carbonyl (C=O) groups excluding carboxylic acids is 2. The van der Waals surface area contributed by atoms with Crippen LogP contribution in [0.1, 0.15) is 16.8 Å². The summed E-state index contributed by atoms with van der Waals surface area (Å²) in [6.45, 7) is 0.0683. The van der Waals surface area contributed by atoms with E-state index in [-0.39, 0.29) is 18.5 Å². The summed E-state index contributed by atoms with van der Waals surface area (Å²) >= 11 is 0. The van der Waals surface area contributed by atoms with Gasteiger partial charge in [-0.3, -0.25) is 14.8 Å². The molecular weight excluding hydrogens is 321 g/mol. The smallest absolute Gasteiger partial charge is 0.406 e. The van der Waals surface area contributed by atoms with Crippen LogP contribution in [0.2, 0.25) is 0 Å². The third-order valence-corrected chi connectivity index (χ3v) is 3.34. The first-order valence-corrected chi connectivity index (χ1v) is 6.51. The Morgan fingerprint density at radius 2 is 1.87 bits per heavy atom. The Kier molecular flexibility index (Phi) is 4.76. The van der Waals surface area contributed by atoms with Crippen LogP contribution in [0.15, 0.2) is 24.3 Å². The molecule has 1 aromatic carbocycles. The third-order valence-electron chi connectivity index (χ3n) is 3.34. The van der Waals surface area contributed by atoms with Gasteiger partial charge in [-0.25, -0.2) is 5.48 Å². The lowest BCUT2D eigenvalue weighted by molar-refractivity contribution is -0.274. The van der Waals surface area contributed by atoms with E-state index < -0.39 is 36.1 Å². The van der Waals surface area contributed by atoms with Gasteiger partial charge in [0.25, 0.3) is 11.8 Å². The molecule has 10 heteroatoms. The average Bonchev–Trinajstić information content (AvgIpc) is 2.86. The number of hydrogen-bond acceptors (Lipinski definition) is 5. The van der Waals surface area contributed by atoms with Crippen molar-refractivity contribution < 1.29 is 37.8 Å². The van der Waals surface area contributed by atoms with E-state index in [0.29, 0.717) is 0 Å². The molecule has 1 unspecified atom stereocenters. The van der Waals surface area contributed by atoms with E-state index in [0.717, 1.165) is 29.2 Å². The van der Waals surface area contributed by atoms with Crippen LogP contribution in [0.3, 0.4) is 0 Å². The first-order chi connectivity index (χ1) is 10.7. The summed E-state index contributed by atoms with van der Waals surface area (Å²) in [6, 6.07) is 2.89. The summed E-state index contributed by atoms with van der Waals surface area (Å²) in [5, 5.41) is 18.4. The average molecular weight is 334 g/mol. The van der Waals surface area contributed by atoms with Crippen LogP contribution in [0, 0.1) is 0 Å². The molecule has 1 aliphatic rings. The Morgan fingerprint density at radius 3 is 2.39 bits per heavy atom. The van der Waals surface area contributed by atoms with Gasteiger partial charge in [0.1, 0.15) is 11.8 Å². The summed E-state index contributed by atoms with van der Waals surface area (Å²) in [4.78, 5) is 24.9. The number of amides is 2. The fourth-order valence-corrected chi connectivity index (χ4v) is 2.35. The summed E-state index contributed by atoms with van der Waals surface area (Å²) in [7, 11) is 0. The SMILES string of the molecule is O=C(NO)[C@H]1C(O)CCN1C(=O)c1ccc(OC(F)(F)F)cc1. The summed E-state index contributed by atoms with van der Waals surface area (Å²) < 4.78 is 39.9. The molecule has 1 saturated heterocycles. The monoisotopic (exact) mass is 334 g/mol. The van der Waals surface area contributed by atoms with Gasteiger partial charge in [0.2, 0.25) is 0 Å². The molecule has 1 aliphatic heterocycles. The highest BCUT2D eigenvalue weighted by molar-refractivity contribution is 5.98. The lowest BCUT2D eigenvalue weighted by atomic mass is 10.1. The van der Waals surface area contributed by atoms with Gasteiger partial charge in [-0.2, -0.15) is 0 Å². The zero-order valence-corrected chi connectivity index (χ0v) is 11.6. The zero-order valence-electron chi connectivity index (χ0n) is 11.6. The Hall–Kier alpha value is -2.33. The molecule has 2 amide bonds. The van der Waals surface area contributed by atoms with Crippen LogP contribution in [-0.4, -0.2) is 52.1 Å². The number of hydrogen-bond donors (Lipinski definition) is 3. The van der Waals surface area contributed by atoms with Crippen molar-refractivity contribution in [1.29, 1.82) is 0 Å². The van der Waals surface area contributed by atoms with Crippen molar-refractivity contribution in [2.75, 3.05) is 6.54 Å². The number of alkyl halides is 3. The van der Waals surface area contributed by atoms with Crippen molar-refractivity contribution in [3.63, 3.8) is 0 Å². The second kappa shape index (κ2) is 6.42. The largest absolute Gasteiger partial charge is 0.573 e. The molecule has 3 N–H and O–H groups in total. The molecule has 126 valence electrons. The summed E-state index contributed by atoms with van der Waals surface area (Å²) in [5.41, 5.74) is 1.39. The maximum Gasteiger partial charge on any atom is 0.573 e. The van der Waals surface area contributed by atoms with E-state index in [1.807, 2.05) is 0 Å². The Balaban J connectivity index is 2.15. The highest BCUT2D eigenvalue weighted by Crippen LogP contribution is 2.25. The normalized spacial score (nSPS) is 21.2. The number of halogens is 3. The van der Waals surface area contributed by atoms with Crippen molar-refractivity contribution in [3.8, 4) is 5.75 Å². The first kappa shape index (κ1) is 17.0. The van der Waals surface area contributed by atoms with E-state index in [1.54, 1.807) is 0 Å². The highest BCUT2D eigenvalue weighted by Gasteiger charge is 2.41. The Bertz CT molecular complexity index is 590. The number of benzene rings is 1. The molecular formula is C13H13F3N2O5. The molecule has 1 fully saturated rings. The number of hydroxylamine groups is 1. The molecule has 0 aliphatic carbocycles. The number of carbonyl (C=O) groups is 2.